The summed E-state index contributed by atoms with van der Waals surface area (Å²) in [6.45, 7) is 4.26. The largest absolute Gasteiger partial charge is 0.462 e. The van der Waals surface area contributed by atoms with E-state index >= 15 is 0 Å². The van der Waals surface area contributed by atoms with Crippen molar-refractivity contribution < 1.29 is 9.53 Å². The van der Waals surface area contributed by atoms with Crippen molar-refractivity contribution >= 4 is 5.97 Å². The van der Waals surface area contributed by atoms with Gasteiger partial charge < -0.3 is 4.74 Å². The summed E-state index contributed by atoms with van der Waals surface area (Å²) in [4.78, 5) is 12.1. The fraction of sp³-hybridized carbons (Fsp3) is 0.375. The average molecular weight is 270 g/mol. The summed E-state index contributed by atoms with van der Waals surface area (Å²) in [5, 5.41) is 4.43. The number of ether oxygens (including phenoxy) is 1. The van der Waals surface area contributed by atoms with Crippen molar-refractivity contribution in [2.24, 2.45) is 0 Å². The first-order valence-electron chi connectivity index (χ1n) is 7.03. The molecule has 104 valence electrons. The molecule has 0 N–H and O–H groups in total. The molecule has 2 aromatic rings. The lowest BCUT2D eigenvalue weighted by atomic mass is 10.1. The number of benzene rings is 1. The second-order valence-electron chi connectivity index (χ2n) is 5.14. The summed E-state index contributed by atoms with van der Waals surface area (Å²) in [5.41, 5.74) is 3.79. The van der Waals surface area contributed by atoms with Gasteiger partial charge in [-0.2, -0.15) is 5.10 Å². The Morgan fingerprint density at radius 3 is 2.80 bits per heavy atom. The second-order valence-corrected chi connectivity index (χ2v) is 5.14. The van der Waals surface area contributed by atoms with Gasteiger partial charge in [-0.3, -0.25) is 0 Å². The van der Waals surface area contributed by atoms with Gasteiger partial charge in [-0.25, -0.2) is 9.48 Å². The van der Waals surface area contributed by atoms with Crippen LogP contribution in [-0.2, 0) is 4.74 Å². The van der Waals surface area contributed by atoms with Gasteiger partial charge in [-0.15, -0.1) is 0 Å². The SMILES string of the molecule is CCOC(=O)c1cnn(-c2ccccc2C)c1C1CC1. The number of aromatic nitrogens is 2. The fourth-order valence-electron chi connectivity index (χ4n) is 2.47. The minimum atomic E-state index is -0.269. The van der Waals surface area contributed by atoms with Gasteiger partial charge in [0.25, 0.3) is 0 Å². The van der Waals surface area contributed by atoms with Gasteiger partial charge in [-0.1, -0.05) is 18.2 Å². The number of carbonyl (C=O) groups is 1. The maximum atomic E-state index is 12.1. The third-order valence-corrected chi connectivity index (χ3v) is 3.61. The molecular formula is C16H18N2O2. The molecule has 0 bridgehead atoms. The fourth-order valence-corrected chi connectivity index (χ4v) is 2.47. The molecule has 0 aliphatic heterocycles. The average Bonchev–Trinajstić information content (AvgIpc) is 3.18. The van der Waals surface area contributed by atoms with Crippen LogP contribution >= 0.6 is 0 Å². The van der Waals surface area contributed by atoms with Crippen LogP contribution in [0.2, 0.25) is 0 Å². The number of hydrogen-bond acceptors (Lipinski definition) is 3. The summed E-state index contributed by atoms with van der Waals surface area (Å²) in [7, 11) is 0. The molecule has 1 aliphatic rings. The Hall–Kier alpha value is -2.10. The van der Waals surface area contributed by atoms with E-state index in [1.54, 1.807) is 6.20 Å². The van der Waals surface area contributed by atoms with E-state index in [1.807, 2.05) is 29.8 Å². The van der Waals surface area contributed by atoms with Gasteiger partial charge in [0.15, 0.2) is 0 Å². The van der Waals surface area contributed by atoms with Crippen LogP contribution in [0.15, 0.2) is 30.5 Å². The topological polar surface area (TPSA) is 44.1 Å². The molecule has 1 aliphatic carbocycles. The van der Waals surface area contributed by atoms with Crippen LogP contribution in [0.5, 0.6) is 0 Å². The Morgan fingerprint density at radius 1 is 1.40 bits per heavy atom. The van der Waals surface area contributed by atoms with Gasteiger partial charge in [0.2, 0.25) is 0 Å². The Kier molecular flexibility index (Phi) is 3.30. The van der Waals surface area contributed by atoms with Crippen molar-refractivity contribution in [1.29, 1.82) is 0 Å². The van der Waals surface area contributed by atoms with E-state index in [1.165, 1.54) is 0 Å². The van der Waals surface area contributed by atoms with Crippen LogP contribution in [0.4, 0.5) is 0 Å². The summed E-state index contributed by atoms with van der Waals surface area (Å²) < 4.78 is 7.04. The van der Waals surface area contributed by atoms with Crippen LogP contribution < -0.4 is 0 Å². The van der Waals surface area contributed by atoms with Crippen LogP contribution in [0.25, 0.3) is 5.69 Å². The molecule has 0 atom stereocenters. The molecule has 4 nitrogen and oxygen atoms in total. The van der Waals surface area contributed by atoms with Crippen molar-refractivity contribution in [3.05, 3.63) is 47.3 Å². The van der Waals surface area contributed by atoms with Crippen LogP contribution in [-0.4, -0.2) is 22.4 Å². The number of hydrogen-bond donors (Lipinski definition) is 0. The zero-order chi connectivity index (χ0) is 14.1. The van der Waals surface area contributed by atoms with Gasteiger partial charge in [-0.05, 0) is 38.3 Å². The highest BCUT2D eigenvalue weighted by Gasteiger charge is 2.33. The molecule has 1 heterocycles. The van der Waals surface area contributed by atoms with Crippen molar-refractivity contribution in [2.75, 3.05) is 6.61 Å². The Bertz CT molecular complexity index is 642. The van der Waals surface area contributed by atoms with Gasteiger partial charge in [0, 0.05) is 5.92 Å². The first-order valence-corrected chi connectivity index (χ1v) is 7.03. The maximum Gasteiger partial charge on any atom is 0.341 e. The molecular weight excluding hydrogens is 252 g/mol. The standard InChI is InChI=1S/C16H18N2O2/c1-3-20-16(19)13-10-17-18(15(13)12-8-9-12)14-7-5-4-6-11(14)2/h4-7,10,12H,3,8-9H2,1-2H3. The van der Waals surface area contributed by atoms with E-state index in [-0.39, 0.29) is 5.97 Å². The van der Waals surface area contributed by atoms with Crippen molar-refractivity contribution in [2.45, 2.75) is 32.6 Å². The molecule has 0 unspecified atom stereocenters. The zero-order valence-corrected chi connectivity index (χ0v) is 11.8. The number of rotatable bonds is 4. The molecule has 0 spiro atoms. The minimum absolute atomic E-state index is 0.269. The molecule has 3 rings (SSSR count). The lowest BCUT2D eigenvalue weighted by Crippen LogP contribution is -2.09. The summed E-state index contributed by atoms with van der Waals surface area (Å²) in [6.07, 6.45) is 3.87. The second kappa shape index (κ2) is 5.12. The lowest BCUT2D eigenvalue weighted by molar-refractivity contribution is 0.0525. The van der Waals surface area contributed by atoms with E-state index in [0.717, 1.165) is 29.8 Å². The molecule has 1 aromatic carbocycles. The first kappa shape index (κ1) is 12.9. The molecule has 1 saturated carbocycles. The predicted octanol–water partition coefficient (Wildman–Crippen LogP) is 3.23. The number of para-hydroxylation sites is 1. The molecule has 20 heavy (non-hydrogen) atoms. The summed E-state index contributed by atoms with van der Waals surface area (Å²) in [5.74, 6) is 0.158. The number of aryl methyl sites for hydroxylation is 1. The van der Waals surface area contributed by atoms with Crippen molar-refractivity contribution in [3.8, 4) is 5.69 Å². The van der Waals surface area contributed by atoms with E-state index in [0.29, 0.717) is 18.1 Å². The smallest absolute Gasteiger partial charge is 0.341 e. The van der Waals surface area contributed by atoms with Crippen LogP contribution in [0.3, 0.4) is 0 Å². The van der Waals surface area contributed by atoms with Gasteiger partial charge in [0.1, 0.15) is 5.56 Å². The Balaban J connectivity index is 2.08. The molecule has 0 saturated heterocycles. The highest BCUT2D eigenvalue weighted by molar-refractivity contribution is 5.91. The molecule has 4 heteroatoms. The lowest BCUT2D eigenvalue weighted by Gasteiger charge is -2.11. The quantitative estimate of drug-likeness (QED) is 0.801. The molecule has 1 fully saturated rings. The monoisotopic (exact) mass is 270 g/mol. The molecule has 0 radical (unpaired) electrons. The summed E-state index contributed by atoms with van der Waals surface area (Å²) in [6, 6.07) is 8.08. The number of esters is 1. The van der Waals surface area contributed by atoms with Crippen LogP contribution in [0.1, 0.15) is 47.3 Å². The predicted molar refractivity (Wildman–Crippen MR) is 76.2 cm³/mol. The van der Waals surface area contributed by atoms with E-state index in [2.05, 4.69) is 18.1 Å². The first-order chi connectivity index (χ1) is 9.72. The number of carbonyl (C=O) groups excluding carboxylic acids is 1. The van der Waals surface area contributed by atoms with Gasteiger partial charge >= 0.3 is 5.97 Å². The Morgan fingerprint density at radius 2 is 2.15 bits per heavy atom. The van der Waals surface area contributed by atoms with E-state index < -0.39 is 0 Å². The van der Waals surface area contributed by atoms with Crippen molar-refractivity contribution in [3.63, 3.8) is 0 Å². The molecule has 0 amide bonds. The number of nitrogens with zero attached hydrogens (tertiary/aromatic N) is 2. The van der Waals surface area contributed by atoms with Gasteiger partial charge in [0.05, 0.1) is 24.2 Å². The highest BCUT2D eigenvalue weighted by atomic mass is 16.5. The summed E-state index contributed by atoms with van der Waals surface area (Å²) >= 11 is 0. The third kappa shape index (κ3) is 2.22. The zero-order valence-electron chi connectivity index (χ0n) is 11.8. The third-order valence-electron chi connectivity index (χ3n) is 3.61. The maximum absolute atomic E-state index is 12.1. The van der Waals surface area contributed by atoms with E-state index in [4.69, 9.17) is 4.74 Å². The minimum Gasteiger partial charge on any atom is -0.462 e. The Labute approximate surface area is 118 Å². The van der Waals surface area contributed by atoms with Crippen molar-refractivity contribution in [1.82, 2.24) is 9.78 Å². The van der Waals surface area contributed by atoms with Crippen LogP contribution in [0, 0.1) is 6.92 Å². The normalized spacial score (nSPS) is 14.3. The highest BCUT2D eigenvalue weighted by Crippen LogP contribution is 2.42. The molecule has 1 aromatic heterocycles. The van der Waals surface area contributed by atoms with E-state index in [9.17, 15) is 4.79 Å².